The first-order valence-corrected chi connectivity index (χ1v) is 4.38. The minimum Gasteiger partial charge on any atom is -0.347 e. The molecule has 0 aliphatic heterocycles. The normalized spacial score (nSPS) is 9.92. The number of hydrogen-bond donors (Lipinski definition) is 2. The summed E-state index contributed by atoms with van der Waals surface area (Å²) in [5.41, 5.74) is 0. The van der Waals surface area contributed by atoms with Gasteiger partial charge in [-0.2, -0.15) is 0 Å². The lowest BCUT2D eigenvalue weighted by Gasteiger charge is -2.04. The molecule has 12 heavy (non-hydrogen) atoms. The van der Waals surface area contributed by atoms with Crippen LogP contribution in [0.15, 0.2) is 12.7 Å². The first-order valence-electron chi connectivity index (χ1n) is 4.38. The molecular formula is C9H19N2O+. The van der Waals surface area contributed by atoms with Gasteiger partial charge in [0.1, 0.15) is 0 Å². The van der Waals surface area contributed by atoms with Gasteiger partial charge in [-0.1, -0.05) is 20.4 Å². The number of carbonyl (C=O) groups excluding carboxylic acids is 1. The van der Waals surface area contributed by atoms with Gasteiger partial charge in [-0.15, -0.1) is 0 Å². The summed E-state index contributed by atoms with van der Waals surface area (Å²) in [6, 6.07) is 0. The molecule has 0 bridgehead atoms. The van der Waals surface area contributed by atoms with E-state index >= 15 is 0 Å². The Morgan fingerprint density at radius 3 is 2.83 bits per heavy atom. The van der Waals surface area contributed by atoms with E-state index in [9.17, 15) is 4.79 Å². The second kappa shape index (κ2) is 6.85. The van der Waals surface area contributed by atoms with Gasteiger partial charge in [0.05, 0.1) is 19.6 Å². The van der Waals surface area contributed by atoms with Gasteiger partial charge < -0.3 is 10.6 Å². The Kier molecular flexibility index (Phi) is 6.38. The van der Waals surface area contributed by atoms with E-state index in [0.717, 1.165) is 19.6 Å². The SMILES string of the molecule is C=CC(=O)NCC[NH2+]CC(C)C. The van der Waals surface area contributed by atoms with Crippen LogP contribution < -0.4 is 10.6 Å². The van der Waals surface area contributed by atoms with Crippen LogP contribution in [-0.4, -0.2) is 25.5 Å². The summed E-state index contributed by atoms with van der Waals surface area (Å²) in [4.78, 5) is 10.7. The van der Waals surface area contributed by atoms with Crippen LogP contribution in [0.25, 0.3) is 0 Å². The van der Waals surface area contributed by atoms with Gasteiger partial charge in [-0.3, -0.25) is 4.79 Å². The molecule has 0 aromatic heterocycles. The highest BCUT2D eigenvalue weighted by Gasteiger charge is 1.96. The molecular weight excluding hydrogens is 152 g/mol. The van der Waals surface area contributed by atoms with Crippen molar-refractivity contribution < 1.29 is 10.1 Å². The molecule has 0 saturated carbocycles. The maximum absolute atomic E-state index is 10.7. The maximum atomic E-state index is 10.7. The highest BCUT2D eigenvalue weighted by Crippen LogP contribution is 1.81. The number of nitrogens with two attached hydrogens (primary N) is 1. The predicted octanol–water partition coefficient (Wildman–Crippen LogP) is -0.492. The second-order valence-corrected chi connectivity index (χ2v) is 3.20. The second-order valence-electron chi connectivity index (χ2n) is 3.20. The molecule has 0 fully saturated rings. The standard InChI is InChI=1S/C9H18N2O/c1-4-9(12)11-6-5-10-7-8(2)3/h4,8,10H,1,5-7H2,2-3H3,(H,11,12)/p+1. The van der Waals surface area contributed by atoms with Crippen LogP contribution in [0.5, 0.6) is 0 Å². The van der Waals surface area contributed by atoms with Crippen LogP contribution in [0, 0.1) is 5.92 Å². The van der Waals surface area contributed by atoms with Crippen LogP contribution in [0.3, 0.4) is 0 Å². The zero-order valence-electron chi connectivity index (χ0n) is 7.97. The van der Waals surface area contributed by atoms with E-state index in [2.05, 4.69) is 31.1 Å². The third kappa shape index (κ3) is 7.28. The van der Waals surface area contributed by atoms with E-state index in [1.54, 1.807) is 0 Å². The monoisotopic (exact) mass is 171 g/mol. The molecule has 0 rings (SSSR count). The molecule has 0 radical (unpaired) electrons. The lowest BCUT2D eigenvalue weighted by atomic mass is 10.2. The minimum absolute atomic E-state index is 0.0899. The Morgan fingerprint density at radius 1 is 1.67 bits per heavy atom. The van der Waals surface area contributed by atoms with Gasteiger partial charge in [0.2, 0.25) is 5.91 Å². The molecule has 3 nitrogen and oxygen atoms in total. The van der Waals surface area contributed by atoms with Gasteiger partial charge in [0.15, 0.2) is 0 Å². The van der Waals surface area contributed by atoms with Crippen molar-refractivity contribution in [2.45, 2.75) is 13.8 Å². The largest absolute Gasteiger partial charge is 0.347 e. The van der Waals surface area contributed by atoms with Crippen molar-refractivity contribution in [2.75, 3.05) is 19.6 Å². The summed E-state index contributed by atoms with van der Waals surface area (Å²) in [5, 5.41) is 4.92. The summed E-state index contributed by atoms with van der Waals surface area (Å²) in [6.45, 7) is 10.5. The lowest BCUT2D eigenvalue weighted by Crippen LogP contribution is -2.86. The average Bonchev–Trinajstić information content (AvgIpc) is 2.03. The molecule has 3 N–H and O–H groups in total. The van der Waals surface area contributed by atoms with E-state index in [1.165, 1.54) is 6.08 Å². The Hall–Kier alpha value is -0.830. The molecule has 3 heteroatoms. The fraction of sp³-hybridized carbons (Fsp3) is 0.667. The van der Waals surface area contributed by atoms with Gasteiger partial charge in [-0.25, -0.2) is 0 Å². The zero-order valence-corrected chi connectivity index (χ0v) is 7.97. The fourth-order valence-corrected chi connectivity index (χ4v) is 0.821. The van der Waals surface area contributed by atoms with Crippen molar-refractivity contribution in [3.8, 4) is 0 Å². The van der Waals surface area contributed by atoms with Crippen LogP contribution in [0.2, 0.25) is 0 Å². The number of nitrogens with one attached hydrogen (secondary N) is 1. The zero-order chi connectivity index (χ0) is 9.40. The molecule has 0 saturated heterocycles. The van der Waals surface area contributed by atoms with Gasteiger partial charge in [0, 0.05) is 5.92 Å². The summed E-state index contributed by atoms with van der Waals surface area (Å²) in [5.74, 6) is 0.619. The third-order valence-electron chi connectivity index (χ3n) is 1.47. The smallest absolute Gasteiger partial charge is 0.243 e. The highest BCUT2D eigenvalue weighted by molar-refractivity contribution is 5.86. The first kappa shape index (κ1) is 11.2. The van der Waals surface area contributed by atoms with Crippen LogP contribution in [-0.2, 0) is 4.79 Å². The van der Waals surface area contributed by atoms with E-state index in [-0.39, 0.29) is 5.91 Å². The molecule has 0 heterocycles. The first-order chi connectivity index (χ1) is 5.66. The summed E-state index contributed by atoms with van der Waals surface area (Å²) in [6.07, 6.45) is 1.29. The molecule has 1 amide bonds. The molecule has 70 valence electrons. The van der Waals surface area contributed by atoms with E-state index in [4.69, 9.17) is 0 Å². The molecule has 0 unspecified atom stereocenters. The van der Waals surface area contributed by atoms with Crippen molar-refractivity contribution in [3.63, 3.8) is 0 Å². The Bertz CT molecular complexity index is 143. The number of hydrogen-bond acceptors (Lipinski definition) is 1. The quantitative estimate of drug-likeness (QED) is 0.411. The van der Waals surface area contributed by atoms with Crippen LogP contribution in [0.1, 0.15) is 13.8 Å². The highest BCUT2D eigenvalue weighted by atomic mass is 16.1. The van der Waals surface area contributed by atoms with Crippen molar-refractivity contribution in [1.29, 1.82) is 0 Å². The third-order valence-corrected chi connectivity index (χ3v) is 1.47. The molecule has 0 aliphatic rings. The number of rotatable bonds is 6. The Morgan fingerprint density at radius 2 is 2.33 bits per heavy atom. The molecule has 0 aromatic rings. The molecule has 0 atom stereocenters. The van der Waals surface area contributed by atoms with Crippen molar-refractivity contribution >= 4 is 5.91 Å². The maximum Gasteiger partial charge on any atom is 0.243 e. The predicted molar refractivity (Wildman–Crippen MR) is 49.7 cm³/mol. The minimum atomic E-state index is -0.0899. The van der Waals surface area contributed by atoms with E-state index < -0.39 is 0 Å². The van der Waals surface area contributed by atoms with E-state index in [0.29, 0.717) is 5.92 Å². The topological polar surface area (TPSA) is 45.7 Å². The lowest BCUT2D eigenvalue weighted by molar-refractivity contribution is -0.657. The molecule has 0 spiro atoms. The number of carbonyl (C=O) groups is 1. The van der Waals surface area contributed by atoms with Gasteiger partial charge >= 0.3 is 0 Å². The Balaban J connectivity index is 3.11. The average molecular weight is 171 g/mol. The van der Waals surface area contributed by atoms with Crippen molar-refractivity contribution in [3.05, 3.63) is 12.7 Å². The summed E-state index contributed by atoms with van der Waals surface area (Å²) in [7, 11) is 0. The van der Waals surface area contributed by atoms with Crippen molar-refractivity contribution in [1.82, 2.24) is 5.32 Å². The van der Waals surface area contributed by atoms with Gasteiger partial charge in [-0.05, 0) is 6.08 Å². The molecule has 0 aromatic carbocycles. The number of amides is 1. The Labute approximate surface area is 74.2 Å². The van der Waals surface area contributed by atoms with Crippen molar-refractivity contribution in [2.24, 2.45) is 5.92 Å². The fourth-order valence-electron chi connectivity index (χ4n) is 0.821. The molecule has 0 aliphatic carbocycles. The van der Waals surface area contributed by atoms with Crippen LogP contribution >= 0.6 is 0 Å². The number of quaternary nitrogens is 1. The summed E-state index contributed by atoms with van der Waals surface area (Å²) >= 11 is 0. The van der Waals surface area contributed by atoms with Gasteiger partial charge in [0.25, 0.3) is 0 Å². The summed E-state index contributed by atoms with van der Waals surface area (Å²) < 4.78 is 0. The van der Waals surface area contributed by atoms with Crippen LogP contribution in [0.4, 0.5) is 0 Å². The van der Waals surface area contributed by atoms with E-state index in [1.807, 2.05) is 0 Å².